The summed E-state index contributed by atoms with van der Waals surface area (Å²) in [5.74, 6) is -0.0538. The van der Waals surface area contributed by atoms with E-state index in [1.54, 1.807) is 11.8 Å². The number of likely N-dealkylation sites (N-methyl/N-ethyl adjacent to an activating group) is 1. The zero-order valence-corrected chi connectivity index (χ0v) is 15.6. The van der Waals surface area contributed by atoms with Gasteiger partial charge in [0.05, 0.1) is 18.0 Å². The van der Waals surface area contributed by atoms with Crippen LogP contribution in [-0.2, 0) is 11.3 Å². The number of aliphatic hydroxyl groups excluding tert-OH is 1. The number of aromatic nitrogens is 1. The number of rotatable bonds is 7. The van der Waals surface area contributed by atoms with Crippen LogP contribution in [0.15, 0.2) is 23.6 Å². The second-order valence-corrected chi connectivity index (χ2v) is 6.67. The van der Waals surface area contributed by atoms with Crippen molar-refractivity contribution in [1.82, 2.24) is 9.88 Å². The molecule has 0 saturated carbocycles. The number of aliphatic hydroxyl groups is 1. The lowest BCUT2D eigenvalue weighted by Gasteiger charge is -2.20. The lowest BCUT2D eigenvalue weighted by Crippen LogP contribution is -2.26. The lowest BCUT2D eigenvalue weighted by atomic mass is 10.1. The van der Waals surface area contributed by atoms with Crippen molar-refractivity contribution in [3.05, 3.63) is 40.4 Å². The quantitative estimate of drug-likeness (QED) is 0.835. The summed E-state index contributed by atoms with van der Waals surface area (Å²) >= 11 is 1.47. The molecular formula is C18H25N3O2S. The van der Waals surface area contributed by atoms with Crippen LogP contribution in [0.2, 0.25) is 0 Å². The van der Waals surface area contributed by atoms with E-state index in [1.807, 2.05) is 30.5 Å². The van der Waals surface area contributed by atoms with E-state index >= 15 is 0 Å². The van der Waals surface area contributed by atoms with E-state index in [1.165, 1.54) is 16.9 Å². The molecule has 5 nitrogen and oxygen atoms in total. The maximum absolute atomic E-state index is 12.2. The topological polar surface area (TPSA) is 56.7 Å². The fourth-order valence-electron chi connectivity index (χ4n) is 2.48. The molecule has 24 heavy (non-hydrogen) atoms. The Hall–Kier alpha value is -1.76. The van der Waals surface area contributed by atoms with Gasteiger partial charge in [0, 0.05) is 25.4 Å². The van der Waals surface area contributed by atoms with Crippen molar-refractivity contribution in [2.45, 2.75) is 34.2 Å². The molecule has 0 aliphatic heterocycles. The third-order valence-electron chi connectivity index (χ3n) is 4.04. The number of carbonyl (C=O) groups excluding carboxylic acids is 1. The number of hydrogen-bond donors (Lipinski definition) is 1. The fraction of sp³-hybridized carbons (Fsp3) is 0.444. The summed E-state index contributed by atoms with van der Waals surface area (Å²) in [6, 6.07) is 5.99. The number of thiazole rings is 1. The molecule has 0 bridgehead atoms. The zero-order valence-electron chi connectivity index (χ0n) is 14.7. The van der Waals surface area contributed by atoms with Crippen LogP contribution in [0, 0.1) is 13.8 Å². The molecule has 2 rings (SSSR count). The highest BCUT2D eigenvalue weighted by Crippen LogP contribution is 2.30. The van der Waals surface area contributed by atoms with E-state index in [4.69, 9.17) is 5.11 Å². The average Bonchev–Trinajstić information content (AvgIpc) is 2.98. The Balaban J connectivity index is 2.26. The van der Waals surface area contributed by atoms with E-state index in [0.717, 1.165) is 23.5 Å². The van der Waals surface area contributed by atoms with Crippen LogP contribution >= 0.6 is 11.3 Å². The van der Waals surface area contributed by atoms with Gasteiger partial charge < -0.3 is 5.11 Å². The van der Waals surface area contributed by atoms with Gasteiger partial charge in [-0.3, -0.25) is 14.6 Å². The predicted octanol–water partition coefficient (Wildman–Crippen LogP) is 3.26. The molecule has 1 amide bonds. The van der Waals surface area contributed by atoms with Gasteiger partial charge in [0.2, 0.25) is 5.91 Å². The van der Waals surface area contributed by atoms with Gasteiger partial charge in [-0.25, -0.2) is 4.98 Å². The summed E-state index contributed by atoms with van der Waals surface area (Å²) in [5, 5.41) is 11.8. The van der Waals surface area contributed by atoms with E-state index in [9.17, 15) is 4.79 Å². The Bertz CT molecular complexity index is 699. The highest BCUT2D eigenvalue weighted by atomic mass is 32.1. The van der Waals surface area contributed by atoms with Crippen molar-refractivity contribution < 1.29 is 9.90 Å². The monoisotopic (exact) mass is 347 g/mol. The largest absolute Gasteiger partial charge is 0.395 e. The summed E-state index contributed by atoms with van der Waals surface area (Å²) in [7, 11) is 0. The third kappa shape index (κ3) is 4.41. The van der Waals surface area contributed by atoms with Crippen molar-refractivity contribution in [2.24, 2.45) is 0 Å². The highest BCUT2D eigenvalue weighted by Gasteiger charge is 2.19. The minimum absolute atomic E-state index is 0.0538. The number of nitrogens with zero attached hydrogens (tertiary/aromatic N) is 3. The predicted molar refractivity (Wildman–Crippen MR) is 98.9 cm³/mol. The Kier molecular flexibility index (Phi) is 6.48. The first-order chi connectivity index (χ1) is 11.5. The van der Waals surface area contributed by atoms with Crippen LogP contribution in [0.25, 0.3) is 0 Å². The average molecular weight is 347 g/mol. The SMILES string of the molecule is CCN(CCO)Cc1csc(N(C(C)=O)c2ccc(C)c(C)c2)n1. The van der Waals surface area contributed by atoms with E-state index < -0.39 is 0 Å². The number of aryl methyl sites for hydroxylation is 2. The van der Waals surface area contributed by atoms with Crippen LogP contribution in [0.1, 0.15) is 30.7 Å². The molecule has 6 heteroatoms. The third-order valence-corrected chi connectivity index (χ3v) is 4.92. The van der Waals surface area contributed by atoms with Crippen LogP contribution in [0.4, 0.5) is 10.8 Å². The first kappa shape index (κ1) is 18.6. The summed E-state index contributed by atoms with van der Waals surface area (Å²) in [6.45, 7) is 9.98. The minimum atomic E-state index is -0.0538. The number of amides is 1. The molecule has 0 radical (unpaired) electrons. The van der Waals surface area contributed by atoms with E-state index in [2.05, 4.69) is 23.7 Å². The maximum atomic E-state index is 12.2. The molecule has 1 aromatic carbocycles. The number of benzene rings is 1. The second-order valence-electron chi connectivity index (χ2n) is 5.84. The van der Waals surface area contributed by atoms with Gasteiger partial charge in [0.25, 0.3) is 0 Å². The lowest BCUT2D eigenvalue weighted by molar-refractivity contribution is -0.115. The second kappa shape index (κ2) is 8.37. The minimum Gasteiger partial charge on any atom is -0.395 e. The van der Waals surface area contributed by atoms with Crippen LogP contribution in [0.3, 0.4) is 0 Å². The van der Waals surface area contributed by atoms with Gasteiger partial charge in [0.1, 0.15) is 0 Å². The van der Waals surface area contributed by atoms with Gasteiger partial charge >= 0.3 is 0 Å². The summed E-state index contributed by atoms with van der Waals surface area (Å²) in [6.07, 6.45) is 0. The fourth-order valence-corrected chi connectivity index (χ4v) is 3.36. The number of anilines is 2. The Morgan fingerprint density at radius 2 is 2.04 bits per heavy atom. The van der Waals surface area contributed by atoms with Crippen molar-refractivity contribution in [2.75, 3.05) is 24.6 Å². The van der Waals surface area contributed by atoms with E-state index in [0.29, 0.717) is 18.2 Å². The molecule has 130 valence electrons. The first-order valence-electron chi connectivity index (χ1n) is 8.11. The Morgan fingerprint density at radius 1 is 1.29 bits per heavy atom. The van der Waals surface area contributed by atoms with Gasteiger partial charge in [-0.2, -0.15) is 0 Å². The molecule has 0 saturated heterocycles. The molecule has 0 aliphatic carbocycles. The molecule has 0 aliphatic rings. The molecule has 2 aromatic rings. The van der Waals surface area contributed by atoms with Crippen molar-refractivity contribution >= 4 is 28.1 Å². The molecule has 0 unspecified atom stereocenters. The first-order valence-corrected chi connectivity index (χ1v) is 8.99. The molecule has 1 heterocycles. The number of carbonyl (C=O) groups is 1. The summed E-state index contributed by atoms with van der Waals surface area (Å²) in [5.41, 5.74) is 4.11. The summed E-state index contributed by atoms with van der Waals surface area (Å²) in [4.78, 5) is 20.6. The normalized spacial score (nSPS) is 11.1. The van der Waals surface area contributed by atoms with Gasteiger partial charge in [-0.15, -0.1) is 11.3 Å². The smallest absolute Gasteiger partial charge is 0.230 e. The number of hydrogen-bond acceptors (Lipinski definition) is 5. The maximum Gasteiger partial charge on any atom is 0.230 e. The standard InChI is InChI=1S/C18H25N3O2S/c1-5-20(8-9-22)11-16-12-24-18(19-16)21(15(4)23)17-7-6-13(2)14(3)10-17/h6-7,10,12,22H,5,8-9,11H2,1-4H3. The van der Waals surface area contributed by atoms with Crippen LogP contribution in [-0.4, -0.2) is 40.6 Å². The molecular weight excluding hydrogens is 322 g/mol. The zero-order chi connectivity index (χ0) is 17.7. The van der Waals surface area contributed by atoms with Crippen LogP contribution < -0.4 is 4.90 Å². The van der Waals surface area contributed by atoms with Crippen LogP contribution in [0.5, 0.6) is 0 Å². The van der Waals surface area contributed by atoms with Crippen molar-refractivity contribution in [3.8, 4) is 0 Å². The molecule has 0 spiro atoms. The van der Waals surface area contributed by atoms with Crippen molar-refractivity contribution in [1.29, 1.82) is 0 Å². The van der Waals surface area contributed by atoms with Gasteiger partial charge in [-0.05, 0) is 43.7 Å². The highest BCUT2D eigenvalue weighted by molar-refractivity contribution is 7.14. The van der Waals surface area contributed by atoms with Gasteiger partial charge in [-0.1, -0.05) is 13.0 Å². The Morgan fingerprint density at radius 3 is 2.62 bits per heavy atom. The molecule has 0 fully saturated rings. The summed E-state index contributed by atoms with van der Waals surface area (Å²) < 4.78 is 0. The van der Waals surface area contributed by atoms with Gasteiger partial charge in [0.15, 0.2) is 5.13 Å². The molecule has 1 N–H and O–H groups in total. The van der Waals surface area contributed by atoms with E-state index in [-0.39, 0.29) is 12.5 Å². The Labute approximate surface area is 147 Å². The molecule has 0 atom stereocenters. The van der Waals surface area contributed by atoms with Crippen molar-refractivity contribution in [3.63, 3.8) is 0 Å². The molecule has 1 aromatic heterocycles.